The molecule has 1 fully saturated rings. The fourth-order valence-corrected chi connectivity index (χ4v) is 4.84. The predicted octanol–water partition coefficient (Wildman–Crippen LogP) is 3.00. The highest BCUT2D eigenvalue weighted by Gasteiger charge is 2.19. The van der Waals surface area contributed by atoms with Crippen molar-refractivity contribution >= 4 is 15.9 Å². The van der Waals surface area contributed by atoms with E-state index in [4.69, 9.17) is 4.74 Å². The Kier molecular flexibility index (Phi) is 7.44. The smallest absolute Gasteiger partial charge is 0.240 e. The zero-order valence-electron chi connectivity index (χ0n) is 17.5. The number of hydrogen-bond acceptors (Lipinski definition) is 5. The van der Waals surface area contributed by atoms with Crippen LogP contribution in [0, 0.1) is 13.8 Å². The van der Waals surface area contributed by atoms with Gasteiger partial charge in [0.2, 0.25) is 21.8 Å². The Bertz CT molecular complexity index is 986. The van der Waals surface area contributed by atoms with Crippen LogP contribution in [0.1, 0.15) is 48.8 Å². The van der Waals surface area contributed by atoms with Gasteiger partial charge < -0.3 is 10.1 Å². The molecule has 0 unspecified atom stereocenters. The fourth-order valence-electron chi connectivity index (χ4n) is 3.59. The Balaban J connectivity index is 1.48. The molecule has 8 heteroatoms. The molecular weight excluding hydrogens is 402 g/mol. The molecule has 7 nitrogen and oxygen atoms in total. The van der Waals surface area contributed by atoms with Gasteiger partial charge in [0.05, 0.1) is 4.90 Å². The topological polar surface area (TPSA) is 97.4 Å². The van der Waals surface area contributed by atoms with Crippen molar-refractivity contribution in [2.24, 2.45) is 0 Å². The molecule has 1 saturated carbocycles. The van der Waals surface area contributed by atoms with Crippen LogP contribution in [0.2, 0.25) is 0 Å². The Morgan fingerprint density at radius 1 is 1.20 bits per heavy atom. The van der Waals surface area contributed by atoms with Crippen molar-refractivity contribution < 1.29 is 17.9 Å². The second-order valence-electron chi connectivity index (χ2n) is 7.69. The summed E-state index contributed by atoms with van der Waals surface area (Å²) in [5.74, 6) is 0.314. The van der Waals surface area contributed by atoms with Gasteiger partial charge in [-0.1, -0.05) is 23.8 Å². The molecule has 2 N–H and O–H groups in total. The van der Waals surface area contributed by atoms with E-state index in [2.05, 4.69) is 15.0 Å². The van der Waals surface area contributed by atoms with Crippen molar-refractivity contribution in [3.05, 3.63) is 53.2 Å². The van der Waals surface area contributed by atoms with Crippen molar-refractivity contribution in [1.29, 1.82) is 0 Å². The lowest BCUT2D eigenvalue weighted by atomic mass is 10.2. The maximum absolute atomic E-state index is 12.5. The summed E-state index contributed by atoms with van der Waals surface area (Å²) in [6.45, 7) is 3.99. The Morgan fingerprint density at radius 3 is 2.70 bits per heavy atom. The molecule has 3 rings (SSSR count). The normalized spacial score (nSPS) is 14.6. The highest BCUT2D eigenvalue weighted by molar-refractivity contribution is 7.89. The van der Waals surface area contributed by atoms with Gasteiger partial charge >= 0.3 is 0 Å². The average Bonchev–Trinajstić information content (AvgIpc) is 3.20. The molecule has 1 amide bonds. The monoisotopic (exact) mass is 431 g/mol. The predicted molar refractivity (Wildman–Crippen MR) is 115 cm³/mol. The summed E-state index contributed by atoms with van der Waals surface area (Å²) in [6, 6.07) is 8.84. The quantitative estimate of drug-likeness (QED) is 0.636. The summed E-state index contributed by atoms with van der Waals surface area (Å²) in [5.41, 5.74) is 2.49. The van der Waals surface area contributed by atoms with E-state index >= 15 is 0 Å². The number of amides is 1. The van der Waals surface area contributed by atoms with Gasteiger partial charge in [-0.15, -0.1) is 0 Å². The van der Waals surface area contributed by atoms with Crippen molar-refractivity contribution in [2.75, 3.05) is 6.54 Å². The summed E-state index contributed by atoms with van der Waals surface area (Å²) < 4.78 is 33.4. The molecule has 2 aromatic rings. The maximum Gasteiger partial charge on any atom is 0.240 e. The minimum atomic E-state index is -3.65. The number of pyridine rings is 1. The minimum Gasteiger partial charge on any atom is -0.474 e. The lowest BCUT2D eigenvalue weighted by molar-refractivity contribution is -0.121. The minimum absolute atomic E-state index is 0.0277. The number of hydrogen-bond donors (Lipinski definition) is 2. The first-order valence-electron chi connectivity index (χ1n) is 10.3. The van der Waals surface area contributed by atoms with Crippen molar-refractivity contribution in [3.8, 4) is 5.88 Å². The number of nitrogens with one attached hydrogen (secondary N) is 2. The molecule has 1 aromatic heterocycles. The van der Waals surface area contributed by atoms with Gasteiger partial charge in [0.25, 0.3) is 0 Å². The molecule has 0 spiro atoms. The molecule has 1 heterocycles. The van der Waals surface area contributed by atoms with Crippen LogP contribution in [0.15, 0.2) is 41.4 Å². The van der Waals surface area contributed by atoms with Gasteiger partial charge in [-0.25, -0.2) is 18.1 Å². The zero-order chi connectivity index (χ0) is 21.6. The number of ether oxygens (including phenoxy) is 1. The van der Waals surface area contributed by atoms with E-state index in [-0.39, 0.29) is 29.9 Å². The molecule has 1 aromatic carbocycles. The van der Waals surface area contributed by atoms with Gasteiger partial charge in [-0.05, 0) is 57.2 Å². The average molecular weight is 432 g/mol. The second-order valence-corrected chi connectivity index (χ2v) is 9.42. The summed E-state index contributed by atoms with van der Waals surface area (Å²) in [7, 11) is -3.65. The molecule has 0 atom stereocenters. The van der Waals surface area contributed by atoms with Gasteiger partial charge in [0.1, 0.15) is 6.10 Å². The number of rotatable bonds is 9. The van der Waals surface area contributed by atoms with Crippen LogP contribution in [-0.4, -0.2) is 32.0 Å². The SMILES string of the molecule is Cc1ccc(S(=O)(=O)NCCC(=O)NCc2cccnc2OC2CCCC2)c(C)c1. The van der Waals surface area contributed by atoms with Crippen molar-refractivity contribution in [2.45, 2.75) is 63.5 Å². The van der Waals surface area contributed by atoms with Crippen LogP contribution in [-0.2, 0) is 21.4 Å². The molecular formula is C22H29N3O4S. The lowest BCUT2D eigenvalue weighted by Crippen LogP contribution is -2.31. The number of aryl methyl sites for hydroxylation is 2. The molecule has 30 heavy (non-hydrogen) atoms. The van der Waals surface area contributed by atoms with Gasteiger partial charge in [0, 0.05) is 31.3 Å². The van der Waals surface area contributed by atoms with Gasteiger partial charge in [0.15, 0.2) is 0 Å². The van der Waals surface area contributed by atoms with Crippen LogP contribution in [0.25, 0.3) is 0 Å². The second kappa shape index (κ2) is 10.0. The number of carbonyl (C=O) groups excluding carboxylic acids is 1. The Hall–Kier alpha value is -2.45. The standard InChI is InChI=1S/C22H29N3O4S/c1-16-9-10-20(17(2)14-16)30(27,28)25-13-11-21(26)24-15-18-6-5-12-23-22(18)29-19-7-3-4-8-19/h5-6,9-10,12,14,19,25H,3-4,7-8,11,13,15H2,1-2H3,(H,24,26). The Morgan fingerprint density at radius 2 is 1.97 bits per heavy atom. The third-order valence-corrected chi connectivity index (χ3v) is 6.79. The lowest BCUT2D eigenvalue weighted by Gasteiger charge is -2.15. The van der Waals surface area contributed by atoms with Gasteiger partial charge in [-0.2, -0.15) is 0 Å². The van der Waals surface area contributed by atoms with E-state index in [0.29, 0.717) is 18.0 Å². The van der Waals surface area contributed by atoms with Crippen LogP contribution in [0.4, 0.5) is 0 Å². The third-order valence-electron chi connectivity index (χ3n) is 5.17. The fraction of sp³-hybridized carbons (Fsp3) is 0.455. The maximum atomic E-state index is 12.5. The highest BCUT2D eigenvalue weighted by atomic mass is 32.2. The first kappa shape index (κ1) is 22.2. The zero-order valence-corrected chi connectivity index (χ0v) is 18.3. The molecule has 0 radical (unpaired) electrons. The first-order chi connectivity index (χ1) is 14.3. The van der Waals surface area contributed by atoms with E-state index in [1.54, 1.807) is 31.3 Å². The van der Waals surface area contributed by atoms with Crippen LogP contribution >= 0.6 is 0 Å². The van der Waals surface area contributed by atoms with Crippen molar-refractivity contribution in [3.63, 3.8) is 0 Å². The third kappa shape index (κ3) is 6.03. The van der Waals surface area contributed by atoms with Gasteiger partial charge in [-0.3, -0.25) is 4.79 Å². The number of carbonyl (C=O) groups is 1. The first-order valence-corrected chi connectivity index (χ1v) is 11.8. The molecule has 1 aliphatic carbocycles. The van der Waals surface area contributed by atoms with E-state index in [1.807, 2.05) is 19.1 Å². The number of benzene rings is 1. The molecule has 0 bridgehead atoms. The van der Waals surface area contributed by atoms with Crippen LogP contribution in [0.5, 0.6) is 5.88 Å². The van der Waals surface area contributed by atoms with Crippen LogP contribution < -0.4 is 14.8 Å². The van der Waals surface area contributed by atoms with Crippen molar-refractivity contribution in [1.82, 2.24) is 15.0 Å². The largest absolute Gasteiger partial charge is 0.474 e. The van der Waals surface area contributed by atoms with E-state index in [0.717, 1.165) is 24.0 Å². The number of nitrogens with zero attached hydrogens (tertiary/aromatic N) is 1. The van der Waals surface area contributed by atoms with E-state index in [1.165, 1.54) is 12.8 Å². The molecule has 162 valence electrons. The Labute approximate surface area is 178 Å². The van der Waals surface area contributed by atoms with E-state index in [9.17, 15) is 13.2 Å². The highest BCUT2D eigenvalue weighted by Crippen LogP contribution is 2.25. The summed E-state index contributed by atoms with van der Waals surface area (Å²) in [5, 5.41) is 2.82. The van der Waals surface area contributed by atoms with Crippen LogP contribution in [0.3, 0.4) is 0 Å². The summed E-state index contributed by atoms with van der Waals surface area (Å²) >= 11 is 0. The summed E-state index contributed by atoms with van der Waals surface area (Å²) in [6.07, 6.45) is 6.31. The molecule has 1 aliphatic rings. The number of aromatic nitrogens is 1. The molecule has 0 saturated heterocycles. The number of sulfonamides is 1. The molecule has 0 aliphatic heterocycles. The summed E-state index contributed by atoms with van der Waals surface area (Å²) in [4.78, 5) is 16.7. The van der Waals surface area contributed by atoms with E-state index < -0.39 is 10.0 Å².